The second kappa shape index (κ2) is 6.96. The second-order valence-corrected chi connectivity index (χ2v) is 6.10. The van der Waals surface area contributed by atoms with Gasteiger partial charge in [-0.3, -0.25) is 14.3 Å². The number of likely N-dealkylation sites (tertiary alicyclic amines) is 1. The van der Waals surface area contributed by atoms with Crippen molar-refractivity contribution in [3.63, 3.8) is 0 Å². The summed E-state index contributed by atoms with van der Waals surface area (Å²) >= 11 is 0. The highest BCUT2D eigenvalue weighted by atomic mass is 16.5. The fourth-order valence-corrected chi connectivity index (χ4v) is 2.93. The maximum Gasteiger partial charge on any atom is 0.260 e. The number of aromatic nitrogens is 3. The van der Waals surface area contributed by atoms with E-state index in [1.165, 1.54) is 7.11 Å². The molecule has 0 radical (unpaired) electrons. The van der Waals surface area contributed by atoms with Crippen molar-refractivity contribution in [2.45, 2.75) is 19.8 Å². The average molecular weight is 347 g/mol. The van der Waals surface area contributed by atoms with E-state index in [0.29, 0.717) is 49.0 Å². The molecule has 0 unspecified atom stereocenters. The number of nitrogens with zero attached hydrogens (tertiary/aromatic N) is 4. The van der Waals surface area contributed by atoms with E-state index >= 15 is 0 Å². The predicted molar refractivity (Wildman–Crippen MR) is 88.3 cm³/mol. The van der Waals surface area contributed by atoms with E-state index in [9.17, 15) is 9.59 Å². The molecule has 0 bridgehead atoms. The molecule has 0 spiro atoms. The number of rotatable bonds is 4. The first-order chi connectivity index (χ1) is 12.0. The number of hydrogen-bond acceptors (Lipinski definition) is 6. The van der Waals surface area contributed by atoms with Crippen LogP contribution in [-0.2, 0) is 11.8 Å². The molecule has 0 aromatic carbocycles. The summed E-state index contributed by atoms with van der Waals surface area (Å²) in [6.45, 7) is 2.78. The van der Waals surface area contributed by atoms with Crippen LogP contribution in [0.25, 0.3) is 0 Å². The highest BCUT2D eigenvalue weighted by molar-refractivity contribution is 5.96. The van der Waals surface area contributed by atoms with Crippen LogP contribution in [0.1, 0.15) is 29.0 Å². The molecule has 1 aliphatic heterocycles. The van der Waals surface area contributed by atoms with Crippen LogP contribution in [0, 0.1) is 12.8 Å². The Morgan fingerprint density at radius 3 is 2.68 bits per heavy atom. The number of aryl methyl sites for hydroxylation is 2. The highest BCUT2D eigenvalue weighted by Crippen LogP contribution is 2.23. The molecule has 0 atom stereocenters. The van der Waals surface area contributed by atoms with Gasteiger partial charge in [-0.15, -0.1) is 5.10 Å². The summed E-state index contributed by atoms with van der Waals surface area (Å²) in [6, 6.07) is 1.67. The summed E-state index contributed by atoms with van der Waals surface area (Å²) in [5.41, 5.74) is 0.436. The van der Waals surface area contributed by atoms with Gasteiger partial charge in [0.2, 0.25) is 11.8 Å². The van der Waals surface area contributed by atoms with Crippen LogP contribution in [0.2, 0.25) is 0 Å². The molecule has 0 aliphatic carbocycles. The zero-order valence-corrected chi connectivity index (χ0v) is 14.5. The van der Waals surface area contributed by atoms with Crippen molar-refractivity contribution < 1.29 is 18.8 Å². The Morgan fingerprint density at radius 1 is 1.36 bits per heavy atom. The Bertz CT molecular complexity index is 773. The van der Waals surface area contributed by atoms with Crippen LogP contribution in [-0.4, -0.2) is 51.9 Å². The van der Waals surface area contributed by atoms with Gasteiger partial charge in [0, 0.05) is 38.3 Å². The summed E-state index contributed by atoms with van der Waals surface area (Å²) in [5.74, 6) is 0.989. The van der Waals surface area contributed by atoms with Gasteiger partial charge in [-0.25, -0.2) is 0 Å². The Kier molecular flexibility index (Phi) is 4.73. The summed E-state index contributed by atoms with van der Waals surface area (Å²) < 4.78 is 11.6. The van der Waals surface area contributed by atoms with Crippen molar-refractivity contribution in [1.29, 1.82) is 0 Å². The topological polar surface area (TPSA) is 102 Å². The summed E-state index contributed by atoms with van der Waals surface area (Å²) in [7, 11) is 3.22. The number of hydrogen-bond donors (Lipinski definition) is 1. The van der Waals surface area contributed by atoms with Gasteiger partial charge >= 0.3 is 0 Å². The molecule has 0 saturated carbocycles. The first-order valence-electron chi connectivity index (χ1n) is 8.09. The Balaban J connectivity index is 1.57. The zero-order valence-electron chi connectivity index (χ0n) is 14.5. The SMILES string of the molecule is COc1nn(C)cc1C(=O)N1CCC(C(=O)Nc2cc(C)on2)CC1. The van der Waals surface area contributed by atoms with E-state index < -0.39 is 0 Å². The van der Waals surface area contributed by atoms with E-state index in [4.69, 9.17) is 9.26 Å². The second-order valence-electron chi connectivity index (χ2n) is 6.10. The molecule has 3 heterocycles. The van der Waals surface area contributed by atoms with Crippen LogP contribution in [0.5, 0.6) is 5.88 Å². The fourth-order valence-electron chi connectivity index (χ4n) is 2.93. The standard InChI is InChI=1S/C16H21N5O4/c1-10-8-13(19-25-10)17-14(22)11-4-6-21(7-5-11)16(23)12-9-20(2)18-15(12)24-3/h8-9,11H,4-7H2,1-3H3,(H,17,19,22). The lowest BCUT2D eigenvalue weighted by molar-refractivity contribution is -0.121. The minimum absolute atomic E-state index is 0.0978. The van der Waals surface area contributed by atoms with Gasteiger partial charge in [-0.1, -0.05) is 5.16 Å². The molecule has 1 saturated heterocycles. The number of nitrogens with one attached hydrogen (secondary N) is 1. The largest absolute Gasteiger partial charge is 0.479 e. The summed E-state index contributed by atoms with van der Waals surface area (Å²) in [4.78, 5) is 26.7. The van der Waals surface area contributed by atoms with Crippen molar-refractivity contribution >= 4 is 17.6 Å². The van der Waals surface area contributed by atoms with Gasteiger partial charge in [0.05, 0.1) is 7.11 Å². The molecule has 2 aromatic rings. The van der Waals surface area contributed by atoms with Gasteiger partial charge < -0.3 is 19.5 Å². The lowest BCUT2D eigenvalue weighted by Gasteiger charge is -2.31. The smallest absolute Gasteiger partial charge is 0.260 e. The number of methoxy groups -OCH3 is 1. The third-order valence-corrected chi connectivity index (χ3v) is 4.25. The molecule has 9 nitrogen and oxygen atoms in total. The average Bonchev–Trinajstić information content (AvgIpc) is 3.19. The fraction of sp³-hybridized carbons (Fsp3) is 0.500. The molecule has 2 amide bonds. The minimum Gasteiger partial charge on any atom is -0.479 e. The number of ether oxygens (including phenoxy) is 1. The summed E-state index contributed by atoms with van der Waals surface area (Å²) in [6.07, 6.45) is 2.83. The molecule has 25 heavy (non-hydrogen) atoms. The first-order valence-corrected chi connectivity index (χ1v) is 8.09. The van der Waals surface area contributed by atoms with Crippen molar-refractivity contribution in [3.05, 3.63) is 23.6 Å². The van der Waals surface area contributed by atoms with E-state index in [1.807, 2.05) is 0 Å². The van der Waals surface area contributed by atoms with Crippen molar-refractivity contribution in [1.82, 2.24) is 19.8 Å². The molecule has 1 fully saturated rings. The summed E-state index contributed by atoms with van der Waals surface area (Å²) in [5, 5.41) is 10.6. The number of carbonyl (C=O) groups is 2. The van der Waals surface area contributed by atoms with Gasteiger partial charge in [0.15, 0.2) is 5.82 Å². The van der Waals surface area contributed by atoms with Crippen LogP contribution in [0.4, 0.5) is 5.82 Å². The van der Waals surface area contributed by atoms with E-state index in [2.05, 4.69) is 15.6 Å². The molecule has 134 valence electrons. The van der Waals surface area contributed by atoms with E-state index in [1.54, 1.807) is 35.8 Å². The van der Waals surface area contributed by atoms with Gasteiger partial charge in [0.1, 0.15) is 11.3 Å². The van der Waals surface area contributed by atoms with Crippen molar-refractivity contribution in [2.24, 2.45) is 13.0 Å². The lowest BCUT2D eigenvalue weighted by atomic mass is 9.95. The van der Waals surface area contributed by atoms with E-state index in [0.717, 1.165) is 0 Å². The van der Waals surface area contributed by atoms with E-state index in [-0.39, 0.29) is 17.7 Å². The number of carbonyl (C=O) groups excluding carboxylic acids is 2. The quantitative estimate of drug-likeness (QED) is 0.892. The van der Waals surface area contributed by atoms with Crippen LogP contribution in [0.15, 0.2) is 16.8 Å². The maximum atomic E-state index is 12.6. The molecule has 3 rings (SSSR count). The third kappa shape index (κ3) is 3.65. The molecular formula is C16H21N5O4. The van der Waals surface area contributed by atoms with Crippen LogP contribution >= 0.6 is 0 Å². The number of anilines is 1. The van der Waals surface area contributed by atoms with Gasteiger partial charge in [-0.2, -0.15) is 0 Å². The van der Waals surface area contributed by atoms with Crippen molar-refractivity contribution in [3.8, 4) is 5.88 Å². The van der Waals surface area contributed by atoms with Crippen molar-refractivity contribution in [2.75, 3.05) is 25.5 Å². The van der Waals surface area contributed by atoms with Gasteiger partial charge in [0.25, 0.3) is 5.91 Å². The lowest BCUT2D eigenvalue weighted by Crippen LogP contribution is -2.41. The zero-order chi connectivity index (χ0) is 18.0. The maximum absolute atomic E-state index is 12.6. The Hall–Kier alpha value is -2.84. The molecule has 9 heteroatoms. The van der Waals surface area contributed by atoms with Gasteiger partial charge in [-0.05, 0) is 19.8 Å². The van der Waals surface area contributed by atoms with Crippen LogP contribution in [0.3, 0.4) is 0 Å². The Labute approximate surface area is 144 Å². The monoisotopic (exact) mass is 347 g/mol. The molecular weight excluding hydrogens is 326 g/mol. The minimum atomic E-state index is -0.156. The highest BCUT2D eigenvalue weighted by Gasteiger charge is 2.30. The predicted octanol–water partition coefficient (Wildman–Crippen LogP) is 1.22. The Morgan fingerprint density at radius 2 is 2.08 bits per heavy atom. The molecule has 2 aromatic heterocycles. The number of piperidine rings is 1. The first kappa shape index (κ1) is 17.0. The molecule has 1 N–H and O–H groups in total. The van der Waals surface area contributed by atoms with Crippen LogP contribution < -0.4 is 10.1 Å². The number of amides is 2. The molecule has 1 aliphatic rings. The normalized spacial score (nSPS) is 15.2. The third-order valence-electron chi connectivity index (χ3n) is 4.25.